The molecule has 0 bridgehead atoms. The molecule has 0 aliphatic rings. The lowest BCUT2D eigenvalue weighted by molar-refractivity contribution is 0.727. The normalized spacial score (nSPS) is 10.8. The van der Waals surface area contributed by atoms with Crippen LogP contribution in [0.15, 0.2) is 0 Å². The Morgan fingerprint density at radius 1 is 1.24 bits per heavy atom. The predicted molar refractivity (Wildman–Crippen MR) is 77.1 cm³/mol. The second-order valence-electron chi connectivity index (χ2n) is 4.08. The van der Waals surface area contributed by atoms with Crippen LogP contribution in [0.1, 0.15) is 44.7 Å². The van der Waals surface area contributed by atoms with Crippen LogP contribution in [0.4, 0.5) is 5.13 Å². The molecule has 1 rings (SSSR count). The highest BCUT2D eigenvalue weighted by Gasteiger charge is 2.13. The Morgan fingerprint density at radius 2 is 2.00 bits per heavy atom. The van der Waals surface area contributed by atoms with Gasteiger partial charge in [0, 0.05) is 24.5 Å². The van der Waals surface area contributed by atoms with Crippen molar-refractivity contribution in [3.8, 4) is 0 Å². The van der Waals surface area contributed by atoms with Gasteiger partial charge in [-0.25, -0.2) is 4.98 Å². The van der Waals surface area contributed by atoms with Gasteiger partial charge in [0.15, 0.2) is 5.13 Å². The molecule has 1 aromatic heterocycles. The van der Waals surface area contributed by atoms with E-state index < -0.39 is 0 Å². The number of rotatable bonds is 8. The number of nitrogens with one attached hydrogen (secondary N) is 1. The van der Waals surface area contributed by atoms with Crippen molar-refractivity contribution < 1.29 is 0 Å². The Bertz CT molecular complexity index is 322. The molecule has 17 heavy (non-hydrogen) atoms. The number of thiazole rings is 1. The lowest BCUT2D eigenvalue weighted by atomic mass is 10.3. The van der Waals surface area contributed by atoms with Crippen molar-refractivity contribution in [1.29, 1.82) is 0 Å². The smallest absolute Gasteiger partial charge is 0.185 e. The van der Waals surface area contributed by atoms with Crippen molar-refractivity contribution in [1.82, 2.24) is 10.3 Å². The molecule has 98 valence electrons. The summed E-state index contributed by atoms with van der Waals surface area (Å²) in [5, 5.41) is 4.59. The summed E-state index contributed by atoms with van der Waals surface area (Å²) in [5.41, 5.74) is 1.26. The Morgan fingerprint density at radius 3 is 2.53 bits per heavy atom. The highest BCUT2D eigenvalue weighted by molar-refractivity contribution is 7.15. The minimum Gasteiger partial charge on any atom is -0.348 e. The molecule has 3 nitrogen and oxygen atoms in total. The molecule has 0 aromatic carbocycles. The molecular formula is C13H25N3S. The predicted octanol–water partition coefficient (Wildman–Crippen LogP) is 3.05. The summed E-state index contributed by atoms with van der Waals surface area (Å²) in [6, 6.07) is 0. The highest BCUT2D eigenvalue weighted by atomic mass is 32.1. The first-order valence-corrected chi connectivity index (χ1v) is 7.52. The third-order valence-electron chi connectivity index (χ3n) is 2.78. The quantitative estimate of drug-likeness (QED) is 0.774. The van der Waals surface area contributed by atoms with Crippen molar-refractivity contribution >= 4 is 16.5 Å². The number of nitrogens with zero attached hydrogens (tertiary/aromatic N) is 2. The fourth-order valence-corrected chi connectivity index (χ4v) is 3.02. The third-order valence-corrected chi connectivity index (χ3v) is 3.94. The van der Waals surface area contributed by atoms with Gasteiger partial charge in [-0.3, -0.25) is 0 Å². The first-order chi connectivity index (χ1) is 8.26. The summed E-state index contributed by atoms with van der Waals surface area (Å²) in [7, 11) is 0. The summed E-state index contributed by atoms with van der Waals surface area (Å²) >= 11 is 1.85. The first-order valence-electron chi connectivity index (χ1n) is 6.70. The van der Waals surface area contributed by atoms with Gasteiger partial charge in [-0.05, 0) is 26.3 Å². The topological polar surface area (TPSA) is 28.2 Å². The van der Waals surface area contributed by atoms with Crippen LogP contribution in [0.2, 0.25) is 0 Å². The van der Waals surface area contributed by atoms with Gasteiger partial charge >= 0.3 is 0 Å². The molecule has 0 radical (unpaired) electrons. The molecule has 0 unspecified atom stereocenters. The van der Waals surface area contributed by atoms with E-state index in [1.54, 1.807) is 0 Å². The maximum absolute atomic E-state index is 4.78. The minimum atomic E-state index is 0.959. The van der Waals surface area contributed by atoms with E-state index in [1.165, 1.54) is 22.1 Å². The van der Waals surface area contributed by atoms with E-state index in [-0.39, 0.29) is 0 Å². The van der Waals surface area contributed by atoms with Gasteiger partial charge in [-0.15, -0.1) is 11.3 Å². The van der Waals surface area contributed by atoms with Gasteiger partial charge in [0.1, 0.15) is 0 Å². The van der Waals surface area contributed by atoms with Gasteiger partial charge in [-0.1, -0.05) is 20.8 Å². The van der Waals surface area contributed by atoms with Crippen molar-refractivity contribution in [2.24, 2.45) is 0 Å². The van der Waals surface area contributed by atoms with Crippen LogP contribution in [0.3, 0.4) is 0 Å². The average molecular weight is 255 g/mol. The molecule has 0 amide bonds. The zero-order chi connectivity index (χ0) is 12.7. The maximum atomic E-state index is 4.78. The van der Waals surface area contributed by atoms with Gasteiger partial charge in [0.2, 0.25) is 0 Å². The summed E-state index contributed by atoms with van der Waals surface area (Å²) < 4.78 is 0. The van der Waals surface area contributed by atoms with E-state index in [2.05, 4.69) is 37.9 Å². The van der Waals surface area contributed by atoms with Crippen LogP contribution < -0.4 is 10.2 Å². The molecular weight excluding hydrogens is 230 g/mol. The first kappa shape index (κ1) is 14.5. The molecule has 0 saturated carbocycles. The Labute approximate surface area is 109 Å². The van der Waals surface area contributed by atoms with Crippen molar-refractivity contribution in [3.05, 3.63) is 10.6 Å². The molecule has 1 heterocycles. The summed E-state index contributed by atoms with van der Waals surface area (Å²) in [5.74, 6) is 0. The molecule has 0 saturated heterocycles. The van der Waals surface area contributed by atoms with Crippen molar-refractivity contribution in [2.75, 3.05) is 24.5 Å². The summed E-state index contributed by atoms with van der Waals surface area (Å²) in [6.45, 7) is 12.9. The maximum Gasteiger partial charge on any atom is 0.185 e. The van der Waals surface area contributed by atoms with Crippen molar-refractivity contribution in [2.45, 2.75) is 47.1 Å². The molecule has 1 N–H and O–H groups in total. The van der Waals surface area contributed by atoms with E-state index >= 15 is 0 Å². The van der Waals surface area contributed by atoms with Crippen LogP contribution in [-0.4, -0.2) is 24.6 Å². The SMILES string of the molecule is CCCN(CC)c1nc(CC)c(CNCC)s1. The lowest BCUT2D eigenvalue weighted by Crippen LogP contribution is -2.23. The number of hydrogen-bond acceptors (Lipinski definition) is 4. The van der Waals surface area contributed by atoms with Gasteiger partial charge in [0.05, 0.1) is 5.69 Å². The number of aryl methyl sites for hydroxylation is 1. The second kappa shape index (κ2) is 7.67. The molecule has 0 fully saturated rings. The van der Waals surface area contributed by atoms with Crippen LogP contribution in [0, 0.1) is 0 Å². The van der Waals surface area contributed by atoms with Gasteiger partial charge < -0.3 is 10.2 Å². The van der Waals surface area contributed by atoms with Crippen molar-refractivity contribution in [3.63, 3.8) is 0 Å². The van der Waals surface area contributed by atoms with E-state index in [1.807, 2.05) is 11.3 Å². The standard InChI is InChI=1S/C13H25N3S/c1-5-9-16(8-4)13-15-11(6-2)12(17-13)10-14-7-3/h14H,5-10H2,1-4H3. The molecule has 0 aliphatic carbocycles. The van der Waals surface area contributed by atoms with Crippen LogP contribution in [0.25, 0.3) is 0 Å². The largest absolute Gasteiger partial charge is 0.348 e. The van der Waals surface area contributed by atoms with Gasteiger partial charge in [0.25, 0.3) is 0 Å². The van der Waals surface area contributed by atoms with E-state index in [0.29, 0.717) is 0 Å². The Kier molecular flexibility index (Phi) is 6.52. The zero-order valence-corrected chi connectivity index (χ0v) is 12.4. The van der Waals surface area contributed by atoms with E-state index in [9.17, 15) is 0 Å². The van der Waals surface area contributed by atoms with Crippen LogP contribution >= 0.6 is 11.3 Å². The molecule has 0 aliphatic heterocycles. The lowest BCUT2D eigenvalue weighted by Gasteiger charge is -2.18. The average Bonchev–Trinajstić information content (AvgIpc) is 2.76. The fraction of sp³-hybridized carbons (Fsp3) is 0.769. The molecule has 0 atom stereocenters. The number of anilines is 1. The molecule has 4 heteroatoms. The van der Waals surface area contributed by atoms with E-state index in [0.717, 1.165) is 32.6 Å². The van der Waals surface area contributed by atoms with Gasteiger partial charge in [-0.2, -0.15) is 0 Å². The van der Waals surface area contributed by atoms with E-state index in [4.69, 9.17) is 4.98 Å². The Hall–Kier alpha value is -0.610. The fourth-order valence-electron chi connectivity index (χ4n) is 1.82. The molecule has 0 spiro atoms. The monoisotopic (exact) mass is 255 g/mol. The number of aromatic nitrogens is 1. The third kappa shape index (κ3) is 3.96. The van der Waals surface area contributed by atoms with Crippen LogP contribution in [0.5, 0.6) is 0 Å². The zero-order valence-electron chi connectivity index (χ0n) is 11.5. The molecule has 1 aromatic rings. The van der Waals surface area contributed by atoms with Crippen LogP contribution in [-0.2, 0) is 13.0 Å². The highest BCUT2D eigenvalue weighted by Crippen LogP contribution is 2.26. The Balaban J connectivity index is 2.82. The minimum absolute atomic E-state index is 0.959. The second-order valence-corrected chi connectivity index (χ2v) is 5.14. The number of hydrogen-bond donors (Lipinski definition) is 1. The summed E-state index contributed by atoms with van der Waals surface area (Å²) in [4.78, 5) is 8.55. The summed E-state index contributed by atoms with van der Waals surface area (Å²) in [6.07, 6.45) is 2.21.